The minimum absolute atomic E-state index is 0.0412. The fourth-order valence-electron chi connectivity index (χ4n) is 2.78. The Morgan fingerprint density at radius 2 is 2.38 bits per heavy atom. The van der Waals surface area contributed by atoms with Gasteiger partial charge in [0.1, 0.15) is 24.1 Å². The van der Waals surface area contributed by atoms with E-state index in [1.165, 1.54) is 6.33 Å². The van der Waals surface area contributed by atoms with Crippen LogP contribution in [0.2, 0.25) is 0 Å². The lowest BCUT2D eigenvalue weighted by molar-refractivity contribution is -0.135. The van der Waals surface area contributed by atoms with Gasteiger partial charge in [-0.15, -0.1) is 0 Å². The van der Waals surface area contributed by atoms with E-state index < -0.39 is 0 Å². The molecule has 7 nitrogen and oxygen atoms in total. The summed E-state index contributed by atoms with van der Waals surface area (Å²) < 4.78 is 6.83. The quantitative estimate of drug-likeness (QED) is 0.856. The lowest BCUT2D eigenvalue weighted by Crippen LogP contribution is -2.39. The summed E-state index contributed by atoms with van der Waals surface area (Å²) in [6.07, 6.45) is 6.64. The summed E-state index contributed by atoms with van der Waals surface area (Å²) in [5.41, 5.74) is 0.862. The van der Waals surface area contributed by atoms with E-state index >= 15 is 0 Å². The number of hydrogen-bond acceptors (Lipinski definition) is 5. The van der Waals surface area contributed by atoms with Crippen molar-refractivity contribution in [1.29, 1.82) is 0 Å². The van der Waals surface area contributed by atoms with Gasteiger partial charge in [0.2, 0.25) is 5.91 Å². The number of amides is 1. The average molecular weight is 289 g/mol. The van der Waals surface area contributed by atoms with Crippen molar-refractivity contribution >= 4 is 5.91 Å². The summed E-state index contributed by atoms with van der Waals surface area (Å²) in [4.78, 5) is 18.3. The first-order chi connectivity index (χ1) is 10.2. The topological polar surface area (TPSA) is 77.1 Å². The molecule has 0 aliphatic carbocycles. The number of nitrogens with zero attached hydrogens (tertiary/aromatic N) is 5. The average Bonchev–Trinajstić information content (AvgIpc) is 3.16. The van der Waals surface area contributed by atoms with Gasteiger partial charge in [0.05, 0.1) is 12.6 Å². The van der Waals surface area contributed by atoms with Crippen molar-refractivity contribution in [3.05, 3.63) is 30.2 Å². The van der Waals surface area contributed by atoms with Crippen LogP contribution in [0.3, 0.4) is 0 Å². The Hall–Kier alpha value is -2.18. The third-order valence-corrected chi connectivity index (χ3v) is 3.83. The highest BCUT2D eigenvalue weighted by atomic mass is 16.5. The Morgan fingerprint density at radius 3 is 3.10 bits per heavy atom. The zero-order valence-corrected chi connectivity index (χ0v) is 12.1. The van der Waals surface area contributed by atoms with Crippen molar-refractivity contribution in [3.8, 4) is 0 Å². The van der Waals surface area contributed by atoms with Crippen molar-refractivity contribution < 1.29 is 9.32 Å². The van der Waals surface area contributed by atoms with Crippen LogP contribution < -0.4 is 0 Å². The molecule has 112 valence electrons. The third kappa shape index (κ3) is 3.12. The van der Waals surface area contributed by atoms with E-state index in [4.69, 9.17) is 4.52 Å². The predicted molar refractivity (Wildman–Crippen MR) is 74.2 cm³/mol. The standard InChI is InChI=1S/C14H19N5O2/c1-11-8-12(17-21-11)13-4-2-3-6-19(13)14(20)5-7-18-10-15-9-16-18/h8-10,13H,2-7H2,1H3. The van der Waals surface area contributed by atoms with Crippen molar-refractivity contribution in [2.45, 2.75) is 45.2 Å². The van der Waals surface area contributed by atoms with Gasteiger partial charge >= 0.3 is 0 Å². The first kappa shape index (κ1) is 13.8. The third-order valence-electron chi connectivity index (χ3n) is 3.83. The summed E-state index contributed by atoms with van der Waals surface area (Å²) >= 11 is 0. The molecule has 1 unspecified atom stereocenters. The van der Waals surface area contributed by atoms with Crippen molar-refractivity contribution in [2.75, 3.05) is 6.54 Å². The van der Waals surface area contributed by atoms with Crippen molar-refractivity contribution in [2.24, 2.45) is 0 Å². The summed E-state index contributed by atoms with van der Waals surface area (Å²) in [6, 6.07) is 1.97. The number of hydrogen-bond donors (Lipinski definition) is 0. The Labute approximate surface area is 122 Å². The molecule has 1 fully saturated rings. The van der Waals surface area contributed by atoms with Crippen LogP contribution in [0.15, 0.2) is 23.2 Å². The van der Waals surface area contributed by atoms with Gasteiger partial charge in [-0.1, -0.05) is 5.16 Å². The maximum atomic E-state index is 12.5. The number of aromatic nitrogens is 4. The van der Waals surface area contributed by atoms with E-state index in [2.05, 4.69) is 15.2 Å². The molecule has 1 aliphatic heterocycles. The second kappa shape index (κ2) is 6.07. The highest BCUT2D eigenvalue weighted by Crippen LogP contribution is 2.31. The van der Waals surface area contributed by atoms with E-state index in [1.807, 2.05) is 17.9 Å². The maximum absolute atomic E-state index is 12.5. The molecule has 0 spiro atoms. The molecule has 0 radical (unpaired) electrons. The first-order valence-electron chi connectivity index (χ1n) is 7.29. The molecule has 2 aromatic rings. The Balaban J connectivity index is 1.67. The number of aryl methyl sites for hydroxylation is 2. The SMILES string of the molecule is Cc1cc(C2CCCCN2C(=O)CCn2cncn2)no1. The molecule has 0 aromatic carbocycles. The van der Waals surface area contributed by atoms with Gasteiger partial charge in [-0.3, -0.25) is 9.48 Å². The van der Waals surface area contributed by atoms with Gasteiger partial charge in [-0.2, -0.15) is 5.10 Å². The molecule has 0 saturated carbocycles. The van der Waals surface area contributed by atoms with Crippen LogP contribution in [0.5, 0.6) is 0 Å². The second-order valence-electron chi connectivity index (χ2n) is 5.37. The highest BCUT2D eigenvalue weighted by molar-refractivity contribution is 5.76. The van der Waals surface area contributed by atoms with Gasteiger partial charge in [-0.25, -0.2) is 4.98 Å². The molecule has 1 amide bonds. The van der Waals surface area contributed by atoms with Gasteiger partial charge in [0.15, 0.2) is 0 Å². The monoisotopic (exact) mass is 289 g/mol. The Morgan fingerprint density at radius 1 is 1.48 bits per heavy atom. The minimum atomic E-state index is 0.0412. The van der Waals surface area contributed by atoms with E-state index in [1.54, 1.807) is 11.0 Å². The maximum Gasteiger partial charge on any atom is 0.225 e. The molecule has 0 N–H and O–H groups in total. The molecule has 21 heavy (non-hydrogen) atoms. The summed E-state index contributed by atoms with van der Waals surface area (Å²) in [5, 5.41) is 8.11. The van der Waals surface area contributed by atoms with Crippen LogP contribution in [0.25, 0.3) is 0 Å². The predicted octanol–water partition coefficient (Wildman–Crippen LogP) is 1.72. The van der Waals surface area contributed by atoms with Crippen molar-refractivity contribution in [1.82, 2.24) is 24.8 Å². The molecule has 0 bridgehead atoms. The van der Waals surface area contributed by atoms with E-state index in [-0.39, 0.29) is 11.9 Å². The van der Waals surface area contributed by atoms with Crippen LogP contribution in [-0.4, -0.2) is 37.3 Å². The van der Waals surface area contributed by atoms with E-state index in [9.17, 15) is 4.79 Å². The van der Waals surface area contributed by atoms with Gasteiger partial charge < -0.3 is 9.42 Å². The molecular formula is C14H19N5O2. The molecule has 3 rings (SSSR count). The summed E-state index contributed by atoms with van der Waals surface area (Å²) in [7, 11) is 0. The molecule has 1 aliphatic rings. The fourth-order valence-corrected chi connectivity index (χ4v) is 2.78. The molecule has 7 heteroatoms. The summed E-state index contributed by atoms with van der Waals surface area (Å²) in [6.45, 7) is 3.21. The zero-order chi connectivity index (χ0) is 14.7. The fraction of sp³-hybridized carbons (Fsp3) is 0.571. The zero-order valence-electron chi connectivity index (χ0n) is 12.1. The van der Waals surface area contributed by atoms with Crippen LogP contribution in [0, 0.1) is 6.92 Å². The van der Waals surface area contributed by atoms with Crippen LogP contribution in [-0.2, 0) is 11.3 Å². The van der Waals surface area contributed by atoms with Crippen LogP contribution in [0.1, 0.15) is 43.2 Å². The Kier molecular flexibility index (Phi) is 3.98. The Bertz CT molecular complexity index is 592. The number of carbonyl (C=O) groups excluding carboxylic acids is 1. The van der Waals surface area contributed by atoms with Crippen LogP contribution >= 0.6 is 0 Å². The second-order valence-corrected chi connectivity index (χ2v) is 5.37. The largest absolute Gasteiger partial charge is 0.361 e. The molecule has 3 heterocycles. The van der Waals surface area contributed by atoms with Crippen molar-refractivity contribution in [3.63, 3.8) is 0 Å². The van der Waals surface area contributed by atoms with Gasteiger partial charge in [0.25, 0.3) is 0 Å². The van der Waals surface area contributed by atoms with E-state index in [0.29, 0.717) is 13.0 Å². The minimum Gasteiger partial charge on any atom is -0.361 e. The van der Waals surface area contributed by atoms with E-state index in [0.717, 1.165) is 37.3 Å². The number of rotatable bonds is 4. The number of piperidine rings is 1. The normalized spacial score (nSPS) is 18.9. The smallest absolute Gasteiger partial charge is 0.225 e. The lowest BCUT2D eigenvalue weighted by Gasteiger charge is -2.34. The highest BCUT2D eigenvalue weighted by Gasteiger charge is 2.29. The summed E-state index contributed by atoms with van der Waals surface area (Å²) in [5.74, 6) is 0.918. The molecule has 2 aromatic heterocycles. The van der Waals surface area contributed by atoms with Gasteiger partial charge in [-0.05, 0) is 26.2 Å². The molecule has 1 atom stereocenters. The molecular weight excluding hydrogens is 270 g/mol. The molecule has 1 saturated heterocycles. The number of likely N-dealkylation sites (tertiary alicyclic amines) is 1. The number of carbonyl (C=O) groups is 1. The lowest BCUT2D eigenvalue weighted by atomic mass is 9.98. The first-order valence-corrected chi connectivity index (χ1v) is 7.29. The van der Waals surface area contributed by atoms with Crippen LogP contribution in [0.4, 0.5) is 0 Å². The van der Waals surface area contributed by atoms with Gasteiger partial charge in [0, 0.05) is 19.0 Å².